The van der Waals surface area contributed by atoms with Crippen LogP contribution in [-0.4, -0.2) is 49.7 Å². The third-order valence-corrected chi connectivity index (χ3v) is 8.40. The molecule has 0 bridgehead atoms. The van der Waals surface area contributed by atoms with Crippen LogP contribution >= 0.6 is 23.6 Å². The molecule has 0 saturated carbocycles. The highest BCUT2D eigenvalue weighted by atomic mass is 32.1. The molecule has 202 valence electrons. The van der Waals surface area contributed by atoms with E-state index in [0.29, 0.717) is 21.9 Å². The van der Waals surface area contributed by atoms with Crippen LogP contribution in [0.2, 0.25) is 0 Å². The van der Waals surface area contributed by atoms with Gasteiger partial charge in [-0.15, -0.1) is 11.3 Å². The fourth-order valence-electron chi connectivity index (χ4n) is 5.59. The van der Waals surface area contributed by atoms with E-state index in [1.807, 2.05) is 17.5 Å². The van der Waals surface area contributed by atoms with Gasteiger partial charge in [0.05, 0.1) is 37.7 Å². The Morgan fingerprint density at radius 3 is 2.41 bits per heavy atom. The van der Waals surface area contributed by atoms with Gasteiger partial charge in [-0.05, 0) is 64.6 Å². The van der Waals surface area contributed by atoms with Gasteiger partial charge in [-0.25, -0.2) is 0 Å². The van der Waals surface area contributed by atoms with Crippen molar-refractivity contribution in [2.75, 3.05) is 27.6 Å². The van der Waals surface area contributed by atoms with E-state index in [-0.39, 0.29) is 53.6 Å². The number of ether oxygens (including phenoxy) is 5. The highest BCUT2D eigenvalue weighted by Gasteiger charge is 2.53. The van der Waals surface area contributed by atoms with Gasteiger partial charge in [0.25, 0.3) is 5.91 Å². The highest BCUT2D eigenvalue weighted by Crippen LogP contribution is 2.55. The molecule has 3 N–H and O–H groups in total. The van der Waals surface area contributed by atoms with Gasteiger partial charge in [-0.2, -0.15) is 0 Å². The van der Waals surface area contributed by atoms with Crippen LogP contribution in [0, 0.1) is 11.8 Å². The summed E-state index contributed by atoms with van der Waals surface area (Å²) in [5.74, 6) is -0.693. The number of esters is 1. The molecule has 2 aliphatic heterocycles. The van der Waals surface area contributed by atoms with Gasteiger partial charge in [0.1, 0.15) is 0 Å². The molecule has 2 aromatic carbocycles. The molecule has 1 saturated heterocycles. The minimum atomic E-state index is -0.606. The van der Waals surface area contributed by atoms with Gasteiger partial charge < -0.3 is 34.1 Å². The zero-order chi connectivity index (χ0) is 27.3. The molecule has 1 amide bonds. The molecule has 6 rings (SSSR count). The predicted octanol–water partition coefficient (Wildman–Crippen LogP) is 3.48. The normalized spacial score (nSPS) is 22.4. The van der Waals surface area contributed by atoms with Crippen LogP contribution in [0.25, 0.3) is 0 Å². The average Bonchev–Trinajstić information content (AvgIpc) is 3.70. The molecule has 3 aromatic rings. The summed E-state index contributed by atoms with van der Waals surface area (Å²) in [6.07, 6.45) is 0. The van der Waals surface area contributed by atoms with Gasteiger partial charge in [0, 0.05) is 11.8 Å². The van der Waals surface area contributed by atoms with Crippen LogP contribution in [-0.2, 0) is 9.53 Å². The number of thiophene rings is 1. The van der Waals surface area contributed by atoms with Crippen LogP contribution in [0.5, 0.6) is 28.7 Å². The number of cyclic esters (lactones) is 1. The Balaban J connectivity index is 1.45. The molecule has 1 aromatic heterocycles. The highest BCUT2D eigenvalue weighted by molar-refractivity contribution is 7.80. The van der Waals surface area contributed by atoms with E-state index in [1.54, 1.807) is 24.3 Å². The predicted molar refractivity (Wildman–Crippen MR) is 144 cm³/mol. The zero-order valence-electron chi connectivity index (χ0n) is 20.9. The molecule has 10 nitrogen and oxygen atoms in total. The van der Waals surface area contributed by atoms with Crippen LogP contribution in [0.3, 0.4) is 0 Å². The van der Waals surface area contributed by atoms with Gasteiger partial charge in [-0.1, -0.05) is 6.07 Å². The summed E-state index contributed by atoms with van der Waals surface area (Å²) in [7, 11) is 2.90. The Hall–Kier alpha value is -4.03. The van der Waals surface area contributed by atoms with Crippen molar-refractivity contribution in [1.82, 2.24) is 10.6 Å². The maximum atomic E-state index is 13.3. The zero-order valence-corrected chi connectivity index (χ0v) is 22.5. The first-order chi connectivity index (χ1) is 18.9. The number of amides is 1. The average molecular weight is 569 g/mol. The fourth-order valence-corrected chi connectivity index (χ4v) is 6.43. The van der Waals surface area contributed by atoms with E-state index in [4.69, 9.17) is 35.9 Å². The van der Waals surface area contributed by atoms with Crippen molar-refractivity contribution in [1.29, 1.82) is 0 Å². The van der Waals surface area contributed by atoms with Crippen LogP contribution in [0.15, 0.2) is 41.8 Å². The van der Waals surface area contributed by atoms with Crippen LogP contribution in [0.1, 0.15) is 38.3 Å². The summed E-state index contributed by atoms with van der Waals surface area (Å²) in [5.41, 5.74) is 2.31. The first kappa shape index (κ1) is 25.3. The lowest BCUT2D eigenvalue weighted by molar-refractivity contribution is -0.141. The Morgan fingerprint density at radius 1 is 1.08 bits per heavy atom. The maximum absolute atomic E-state index is 13.3. The third kappa shape index (κ3) is 4.29. The van der Waals surface area contributed by atoms with Gasteiger partial charge >= 0.3 is 5.97 Å². The van der Waals surface area contributed by atoms with E-state index in [9.17, 15) is 14.7 Å². The summed E-state index contributed by atoms with van der Waals surface area (Å²) in [4.78, 5) is 26.4. The Morgan fingerprint density at radius 2 is 1.77 bits per heavy atom. The van der Waals surface area contributed by atoms with Crippen molar-refractivity contribution < 1.29 is 38.4 Å². The molecule has 1 fully saturated rings. The standard InChI is InChI=1S/C27H24N2O8S2/c1-33-18-6-12(7-19(34-2)24(18)30)21-13-8-16-17(37-11-36-16)9-14(13)23(15-10-35-26(32)22(15)21)28-27(38)29-25(31)20-4-3-5-39-20/h3-9,15,21-23,30H,10-11H2,1-2H3,(H2,28,29,31,38)/t15-,21+,22-,23+/m0/s1. The molecule has 3 heterocycles. The van der Waals surface area contributed by atoms with Crippen molar-refractivity contribution in [3.05, 3.63) is 63.3 Å². The molecule has 0 unspecified atom stereocenters. The van der Waals surface area contributed by atoms with Gasteiger partial charge in [-0.3, -0.25) is 14.9 Å². The first-order valence-corrected chi connectivity index (χ1v) is 13.4. The van der Waals surface area contributed by atoms with E-state index >= 15 is 0 Å². The lowest BCUT2D eigenvalue weighted by atomic mass is 9.65. The summed E-state index contributed by atoms with van der Waals surface area (Å²) < 4.78 is 27.7. The molecule has 0 spiro atoms. The second kappa shape index (κ2) is 9.93. The van der Waals surface area contributed by atoms with Crippen molar-refractivity contribution in [2.24, 2.45) is 11.8 Å². The number of carbonyl (C=O) groups is 2. The van der Waals surface area contributed by atoms with E-state index in [1.165, 1.54) is 25.6 Å². The van der Waals surface area contributed by atoms with Gasteiger partial charge in [0.15, 0.2) is 28.1 Å². The Labute approximate surface area is 232 Å². The lowest BCUT2D eigenvalue weighted by Gasteiger charge is -2.39. The molecule has 12 heteroatoms. The van der Waals surface area contributed by atoms with Gasteiger partial charge in [0.2, 0.25) is 12.5 Å². The number of hydrogen-bond acceptors (Lipinski definition) is 10. The number of benzene rings is 2. The van der Waals surface area contributed by atoms with Crippen molar-refractivity contribution in [3.8, 4) is 28.7 Å². The summed E-state index contributed by atoms with van der Waals surface area (Å²) >= 11 is 6.83. The lowest BCUT2D eigenvalue weighted by Crippen LogP contribution is -2.47. The third-order valence-electron chi connectivity index (χ3n) is 7.31. The van der Waals surface area contributed by atoms with Crippen LogP contribution < -0.4 is 29.6 Å². The van der Waals surface area contributed by atoms with E-state index in [2.05, 4.69) is 10.6 Å². The minimum Gasteiger partial charge on any atom is -0.502 e. The number of fused-ring (bicyclic) bond motifs is 3. The second-order valence-electron chi connectivity index (χ2n) is 9.29. The van der Waals surface area contributed by atoms with Crippen LogP contribution in [0.4, 0.5) is 0 Å². The quantitative estimate of drug-likeness (QED) is 0.311. The summed E-state index contributed by atoms with van der Waals surface area (Å²) in [6.45, 7) is 0.228. The van der Waals surface area contributed by atoms with E-state index in [0.717, 1.165) is 11.1 Å². The number of phenols is 1. The number of nitrogens with one attached hydrogen (secondary N) is 2. The number of methoxy groups -OCH3 is 2. The topological polar surface area (TPSA) is 125 Å². The minimum absolute atomic E-state index is 0.0754. The largest absolute Gasteiger partial charge is 0.502 e. The molecule has 0 radical (unpaired) electrons. The molecule has 4 atom stereocenters. The summed E-state index contributed by atoms with van der Waals surface area (Å²) in [5, 5.41) is 18.5. The Kier molecular flexibility index (Phi) is 6.43. The molecular formula is C27H24N2O8S2. The fraction of sp³-hybridized carbons (Fsp3) is 0.296. The number of phenolic OH excluding ortho intramolecular Hbond substituents is 1. The molecule has 3 aliphatic rings. The van der Waals surface area contributed by atoms with Crippen molar-refractivity contribution in [3.63, 3.8) is 0 Å². The number of rotatable bonds is 5. The number of thiocarbonyl (C=S) groups is 1. The van der Waals surface area contributed by atoms with Crippen molar-refractivity contribution in [2.45, 2.75) is 12.0 Å². The van der Waals surface area contributed by atoms with E-state index < -0.39 is 17.9 Å². The maximum Gasteiger partial charge on any atom is 0.310 e. The monoisotopic (exact) mass is 568 g/mol. The molecule has 1 aliphatic carbocycles. The second-order valence-corrected chi connectivity index (χ2v) is 10.6. The number of aromatic hydroxyl groups is 1. The summed E-state index contributed by atoms with van der Waals surface area (Å²) in [6, 6.07) is 10.1. The SMILES string of the molecule is COc1cc([C@@H]2c3cc4c(cc3[C@@H](NC(=S)NC(=O)c3cccs3)[C@H]3COC(=O)[C@H]23)OCO4)cc(OC)c1O. The Bertz CT molecular complexity index is 1450. The number of hydrogen-bond donors (Lipinski definition) is 3. The number of carbonyl (C=O) groups excluding carboxylic acids is 2. The first-order valence-electron chi connectivity index (χ1n) is 12.1. The smallest absolute Gasteiger partial charge is 0.310 e. The molecule has 39 heavy (non-hydrogen) atoms. The molecular weight excluding hydrogens is 544 g/mol. The van der Waals surface area contributed by atoms with Crippen molar-refractivity contribution >= 4 is 40.5 Å².